The van der Waals surface area contributed by atoms with E-state index in [1.807, 2.05) is 0 Å². The second kappa shape index (κ2) is 9.35. The number of hydrogen-bond acceptors (Lipinski definition) is 5. The lowest BCUT2D eigenvalue weighted by Crippen LogP contribution is -2.46. The molecule has 1 aromatic heterocycles. The molecule has 6 nitrogen and oxygen atoms in total. The van der Waals surface area contributed by atoms with Gasteiger partial charge in [0, 0.05) is 58.2 Å². The summed E-state index contributed by atoms with van der Waals surface area (Å²) in [6, 6.07) is 8.78. The average Bonchev–Trinajstić information content (AvgIpc) is 3.01. The molecule has 2 aliphatic heterocycles. The molecule has 29 heavy (non-hydrogen) atoms. The summed E-state index contributed by atoms with van der Waals surface area (Å²) in [5.41, 5.74) is 2.65. The van der Waals surface area contributed by atoms with Crippen LogP contribution in [0.2, 0.25) is 0 Å². The van der Waals surface area contributed by atoms with Gasteiger partial charge < -0.3 is 9.80 Å². The minimum absolute atomic E-state index is 0.0643. The molecule has 2 fully saturated rings. The maximum Gasteiger partial charge on any atom is 0.227 e. The third kappa shape index (κ3) is 5.12. The van der Waals surface area contributed by atoms with Crippen molar-refractivity contribution in [2.45, 2.75) is 32.7 Å². The lowest BCUT2D eigenvalue weighted by molar-refractivity contribution is -0.135. The number of nitrogens with zero attached hydrogens (tertiary/aromatic N) is 5. The van der Waals surface area contributed by atoms with Crippen molar-refractivity contribution in [2.75, 3.05) is 44.2 Å². The summed E-state index contributed by atoms with van der Waals surface area (Å²) in [5.74, 6) is 1.26. The molecule has 3 heterocycles. The van der Waals surface area contributed by atoms with E-state index >= 15 is 0 Å². The summed E-state index contributed by atoms with van der Waals surface area (Å²) in [6.07, 6.45) is 8.24. The van der Waals surface area contributed by atoms with Gasteiger partial charge in [-0.1, -0.05) is 29.8 Å². The minimum Gasteiger partial charge on any atom is -0.355 e. The molecule has 0 radical (unpaired) electrons. The Balaban J connectivity index is 1.32. The van der Waals surface area contributed by atoms with Crippen LogP contribution in [-0.2, 0) is 11.3 Å². The van der Waals surface area contributed by atoms with Gasteiger partial charge in [-0.05, 0) is 31.7 Å². The van der Waals surface area contributed by atoms with Gasteiger partial charge in [-0.25, -0.2) is 4.98 Å². The molecule has 0 aliphatic carbocycles. The van der Waals surface area contributed by atoms with Crippen molar-refractivity contribution in [3.05, 3.63) is 54.0 Å². The third-order valence-corrected chi connectivity index (χ3v) is 6.07. The van der Waals surface area contributed by atoms with Gasteiger partial charge in [0.1, 0.15) is 5.82 Å². The van der Waals surface area contributed by atoms with Gasteiger partial charge in [0.2, 0.25) is 5.91 Å². The molecule has 1 aromatic carbocycles. The number of amides is 1. The highest BCUT2D eigenvalue weighted by atomic mass is 16.2. The fourth-order valence-corrected chi connectivity index (χ4v) is 4.40. The highest BCUT2D eigenvalue weighted by Gasteiger charge is 2.30. The first-order valence-electron chi connectivity index (χ1n) is 10.8. The molecule has 6 heteroatoms. The Morgan fingerprint density at radius 3 is 2.69 bits per heavy atom. The number of hydrogen-bond donors (Lipinski definition) is 0. The van der Waals surface area contributed by atoms with Crippen molar-refractivity contribution >= 4 is 11.7 Å². The van der Waals surface area contributed by atoms with Crippen LogP contribution in [-0.4, -0.2) is 64.9 Å². The Kier molecular flexibility index (Phi) is 6.39. The summed E-state index contributed by atoms with van der Waals surface area (Å²) in [5, 5.41) is 0. The average molecular weight is 394 g/mol. The normalized spacial score (nSPS) is 21.1. The molecule has 0 bridgehead atoms. The lowest BCUT2D eigenvalue weighted by Gasteiger charge is -2.35. The molecule has 2 aliphatic rings. The first-order chi connectivity index (χ1) is 14.2. The predicted octanol–water partition coefficient (Wildman–Crippen LogP) is 2.74. The van der Waals surface area contributed by atoms with E-state index in [4.69, 9.17) is 0 Å². The van der Waals surface area contributed by atoms with Gasteiger partial charge in [-0.15, -0.1) is 0 Å². The van der Waals surface area contributed by atoms with Crippen molar-refractivity contribution in [2.24, 2.45) is 5.92 Å². The monoisotopic (exact) mass is 393 g/mol. The molecule has 154 valence electrons. The number of piperidine rings is 1. The molecule has 1 amide bonds. The van der Waals surface area contributed by atoms with Crippen LogP contribution in [0.25, 0.3) is 0 Å². The topological polar surface area (TPSA) is 52.6 Å². The van der Waals surface area contributed by atoms with E-state index in [9.17, 15) is 4.79 Å². The zero-order valence-electron chi connectivity index (χ0n) is 17.3. The fourth-order valence-electron chi connectivity index (χ4n) is 4.40. The van der Waals surface area contributed by atoms with Crippen molar-refractivity contribution in [3.8, 4) is 0 Å². The van der Waals surface area contributed by atoms with Crippen LogP contribution in [0.3, 0.4) is 0 Å². The molecule has 4 rings (SSSR count). The zero-order chi connectivity index (χ0) is 20.1. The summed E-state index contributed by atoms with van der Waals surface area (Å²) in [6.45, 7) is 8.47. The fraction of sp³-hybridized carbons (Fsp3) is 0.522. The second-order valence-electron chi connectivity index (χ2n) is 8.29. The molecule has 1 atom stereocenters. The molecular formula is C23H31N5O. The van der Waals surface area contributed by atoms with E-state index in [1.54, 1.807) is 18.6 Å². The van der Waals surface area contributed by atoms with E-state index in [-0.39, 0.29) is 5.92 Å². The Hall–Kier alpha value is -2.47. The first kappa shape index (κ1) is 19.8. The van der Waals surface area contributed by atoms with Crippen LogP contribution >= 0.6 is 0 Å². The third-order valence-electron chi connectivity index (χ3n) is 6.07. The number of aromatic nitrogens is 2. The summed E-state index contributed by atoms with van der Waals surface area (Å²) in [7, 11) is 0. The highest BCUT2D eigenvalue weighted by Crippen LogP contribution is 2.23. The maximum absolute atomic E-state index is 13.2. The van der Waals surface area contributed by atoms with Gasteiger partial charge in [-0.3, -0.25) is 14.7 Å². The second-order valence-corrected chi connectivity index (χ2v) is 8.29. The standard InChI is InChI=1S/C23H31N5O/c1-19-5-7-20(8-6-19)17-26-11-3-13-27(15-14-26)23(29)21-4-2-12-28(18-21)22-16-24-9-10-25-22/h5-10,16,21H,2-4,11-15,17-18H2,1H3. The van der Waals surface area contributed by atoms with Crippen molar-refractivity contribution in [1.29, 1.82) is 0 Å². The number of carbonyl (C=O) groups excluding carboxylic acids is 1. The van der Waals surface area contributed by atoms with E-state index in [0.717, 1.165) is 70.9 Å². The molecule has 0 N–H and O–H groups in total. The smallest absolute Gasteiger partial charge is 0.227 e. The van der Waals surface area contributed by atoms with Gasteiger partial charge >= 0.3 is 0 Å². The Labute approximate surface area is 173 Å². The molecule has 2 saturated heterocycles. The van der Waals surface area contributed by atoms with E-state index in [2.05, 4.69) is 55.9 Å². The number of rotatable bonds is 4. The summed E-state index contributed by atoms with van der Waals surface area (Å²) < 4.78 is 0. The SMILES string of the molecule is Cc1ccc(CN2CCCN(C(=O)C3CCCN(c4cnccn4)C3)CC2)cc1. The van der Waals surface area contributed by atoms with E-state index < -0.39 is 0 Å². The quantitative estimate of drug-likeness (QED) is 0.800. The number of anilines is 1. The van der Waals surface area contributed by atoms with Gasteiger partial charge in [0.15, 0.2) is 0 Å². The summed E-state index contributed by atoms with van der Waals surface area (Å²) in [4.78, 5) is 28.6. The van der Waals surface area contributed by atoms with Crippen LogP contribution in [0.4, 0.5) is 5.82 Å². The van der Waals surface area contributed by atoms with Crippen molar-refractivity contribution < 1.29 is 4.79 Å². The largest absolute Gasteiger partial charge is 0.355 e. The highest BCUT2D eigenvalue weighted by molar-refractivity contribution is 5.79. The van der Waals surface area contributed by atoms with Crippen LogP contribution in [0.5, 0.6) is 0 Å². The van der Waals surface area contributed by atoms with Crippen molar-refractivity contribution in [3.63, 3.8) is 0 Å². The number of benzene rings is 1. The van der Waals surface area contributed by atoms with Gasteiger partial charge in [0.05, 0.1) is 12.1 Å². The van der Waals surface area contributed by atoms with Gasteiger partial charge in [0.25, 0.3) is 0 Å². The molecular weight excluding hydrogens is 362 g/mol. The number of carbonyl (C=O) groups is 1. The maximum atomic E-state index is 13.2. The first-order valence-corrected chi connectivity index (χ1v) is 10.8. The lowest BCUT2D eigenvalue weighted by atomic mass is 9.96. The van der Waals surface area contributed by atoms with E-state index in [0.29, 0.717) is 5.91 Å². The van der Waals surface area contributed by atoms with Crippen LogP contribution < -0.4 is 4.90 Å². The van der Waals surface area contributed by atoms with Crippen LogP contribution in [0, 0.1) is 12.8 Å². The number of aryl methyl sites for hydroxylation is 1. The summed E-state index contributed by atoms with van der Waals surface area (Å²) >= 11 is 0. The molecule has 2 aromatic rings. The predicted molar refractivity (Wildman–Crippen MR) is 115 cm³/mol. The Bertz CT molecular complexity index is 795. The van der Waals surface area contributed by atoms with Gasteiger partial charge in [-0.2, -0.15) is 0 Å². The molecule has 0 saturated carbocycles. The minimum atomic E-state index is 0.0643. The van der Waals surface area contributed by atoms with Crippen molar-refractivity contribution in [1.82, 2.24) is 19.8 Å². The Morgan fingerprint density at radius 2 is 1.90 bits per heavy atom. The van der Waals surface area contributed by atoms with Crippen LogP contribution in [0.1, 0.15) is 30.4 Å². The Morgan fingerprint density at radius 1 is 1.03 bits per heavy atom. The van der Waals surface area contributed by atoms with E-state index in [1.165, 1.54) is 11.1 Å². The molecule has 1 unspecified atom stereocenters. The van der Waals surface area contributed by atoms with Crippen LogP contribution in [0.15, 0.2) is 42.9 Å². The zero-order valence-corrected chi connectivity index (χ0v) is 17.3. The molecule has 0 spiro atoms.